The van der Waals surface area contributed by atoms with Crippen molar-refractivity contribution >= 4 is 12.0 Å². The third kappa shape index (κ3) is 3.15. The molecule has 2 N–H and O–H groups in total. The van der Waals surface area contributed by atoms with Crippen LogP contribution in [-0.4, -0.2) is 64.7 Å². The summed E-state index contributed by atoms with van der Waals surface area (Å²) in [5, 5.41) is 12.4. The van der Waals surface area contributed by atoms with E-state index in [9.17, 15) is 14.7 Å². The topological polar surface area (TPSA) is 72.9 Å². The van der Waals surface area contributed by atoms with Crippen molar-refractivity contribution in [3.63, 3.8) is 0 Å². The molecule has 2 rings (SSSR count). The van der Waals surface area contributed by atoms with Gasteiger partial charge in [0.05, 0.1) is 0 Å². The lowest BCUT2D eigenvalue weighted by Gasteiger charge is -2.34. The van der Waals surface area contributed by atoms with Crippen molar-refractivity contribution in [1.82, 2.24) is 15.1 Å². The van der Waals surface area contributed by atoms with Crippen LogP contribution < -0.4 is 5.32 Å². The maximum atomic E-state index is 12.4. The number of likely N-dealkylation sites (tertiary alicyclic amines) is 2. The third-order valence-electron chi connectivity index (χ3n) is 5.03. The van der Waals surface area contributed by atoms with Gasteiger partial charge in [-0.25, -0.2) is 9.59 Å². The minimum absolute atomic E-state index is 0.234. The number of hydrogen-bond acceptors (Lipinski definition) is 3. The van der Waals surface area contributed by atoms with Crippen molar-refractivity contribution in [2.24, 2.45) is 0 Å². The second kappa shape index (κ2) is 6.64. The average molecular weight is 297 g/mol. The lowest BCUT2D eigenvalue weighted by Crippen LogP contribution is -2.56. The minimum atomic E-state index is -1.01. The first-order valence-corrected chi connectivity index (χ1v) is 8.04. The molecule has 2 heterocycles. The largest absolute Gasteiger partial charge is 0.479 e. The van der Waals surface area contributed by atoms with Gasteiger partial charge in [0.15, 0.2) is 0 Å². The standard InChI is InChI=1S/C15H27N3O3/c1-3-15(13(19)20)7-6-10-18(15)14(21)16-11-12(2)17-8-4-5-9-17/h12H,3-11H2,1-2H3,(H,16,21)(H,19,20). The average Bonchev–Trinajstić information content (AvgIpc) is 3.13. The number of rotatable bonds is 5. The summed E-state index contributed by atoms with van der Waals surface area (Å²) >= 11 is 0. The molecular weight excluding hydrogens is 270 g/mol. The van der Waals surface area contributed by atoms with Crippen LogP contribution in [0, 0.1) is 0 Å². The molecule has 0 aromatic heterocycles. The summed E-state index contributed by atoms with van der Waals surface area (Å²) in [6, 6.07) is 0.0719. The van der Waals surface area contributed by atoms with Crippen molar-refractivity contribution < 1.29 is 14.7 Å². The SMILES string of the molecule is CCC1(C(=O)O)CCCN1C(=O)NCC(C)N1CCCC1. The number of hydrogen-bond donors (Lipinski definition) is 2. The van der Waals surface area contributed by atoms with Crippen LogP contribution in [0.1, 0.15) is 46.0 Å². The molecule has 2 fully saturated rings. The zero-order valence-electron chi connectivity index (χ0n) is 13.1. The highest BCUT2D eigenvalue weighted by atomic mass is 16.4. The highest BCUT2D eigenvalue weighted by Gasteiger charge is 2.48. The Labute approximate surface area is 126 Å². The monoisotopic (exact) mass is 297 g/mol. The Morgan fingerprint density at radius 3 is 2.48 bits per heavy atom. The van der Waals surface area contributed by atoms with Crippen LogP contribution in [0.5, 0.6) is 0 Å². The molecule has 2 aliphatic heterocycles. The van der Waals surface area contributed by atoms with Gasteiger partial charge in [-0.3, -0.25) is 4.90 Å². The van der Waals surface area contributed by atoms with Gasteiger partial charge >= 0.3 is 12.0 Å². The van der Waals surface area contributed by atoms with E-state index in [1.165, 1.54) is 17.7 Å². The molecular formula is C15H27N3O3. The number of aliphatic carboxylic acids is 1. The molecule has 120 valence electrons. The summed E-state index contributed by atoms with van der Waals surface area (Å²) in [7, 11) is 0. The zero-order chi connectivity index (χ0) is 15.5. The molecule has 6 nitrogen and oxygen atoms in total. The van der Waals surface area contributed by atoms with Crippen molar-refractivity contribution in [2.45, 2.75) is 57.5 Å². The van der Waals surface area contributed by atoms with Crippen LogP contribution in [0.4, 0.5) is 4.79 Å². The Morgan fingerprint density at radius 1 is 1.24 bits per heavy atom. The van der Waals surface area contributed by atoms with E-state index in [0.29, 0.717) is 32.0 Å². The van der Waals surface area contributed by atoms with E-state index in [2.05, 4.69) is 17.1 Å². The van der Waals surface area contributed by atoms with Gasteiger partial charge in [0.25, 0.3) is 0 Å². The van der Waals surface area contributed by atoms with Gasteiger partial charge in [-0.15, -0.1) is 0 Å². The minimum Gasteiger partial charge on any atom is -0.479 e. The normalized spacial score (nSPS) is 27.8. The van der Waals surface area contributed by atoms with Crippen LogP contribution in [-0.2, 0) is 4.79 Å². The van der Waals surface area contributed by atoms with Gasteiger partial charge in [0, 0.05) is 19.1 Å². The molecule has 2 amide bonds. The van der Waals surface area contributed by atoms with Crippen LogP contribution in [0.15, 0.2) is 0 Å². The molecule has 0 spiro atoms. The number of nitrogens with one attached hydrogen (secondary N) is 1. The molecule has 21 heavy (non-hydrogen) atoms. The number of urea groups is 1. The summed E-state index contributed by atoms with van der Waals surface area (Å²) in [6.07, 6.45) is 4.21. The molecule has 2 aliphatic rings. The predicted molar refractivity (Wildman–Crippen MR) is 80.3 cm³/mol. The van der Waals surface area contributed by atoms with Crippen LogP contribution in [0.3, 0.4) is 0 Å². The number of carbonyl (C=O) groups excluding carboxylic acids is 1. The molecule has 2 unspecified atom stereocenters. The number of amides is 2. The summed E-state index contributed by atoms with van der Waals surface area (Å²) in [5.41, 5.74) is -1.01. The number of carboxylic acids is 1. The molecule has 0 aliphatic carbocycles. The second-order valence-corrected chi connectivity index (χ2v) is 6.22. The molecule has 0 aromatic carbocycles. The van der Waals surface area contributed by atoms with E-state index >= 15 is 0 Å². The molecule has 0 saturated carbocycles. The maximum Gasteiger partial charge on any atom is 0.329 e. The maximum absolute atomic E-state index is 12.4. The summed E-state index contributed by atoms with van der Waals surface area (Å²) in [6.45, 7) is 7.24. The highest BCUT2D eigenvalue weighted by molar-refractivity contribution is 5.87. The van der Waals surface area contributed by atoms with Crippen molar-refractivity contribution in [3.8, 4) is 0 Å². The summed E-state index contributed by atoms with van der Waals surface area (Å²) < 4.78 is 0. The molecule has 0 radical (unpaired) electrons. The lowest BCUT2D eigenvalue weighted by atomic mass is 9.93. The first-order valence-electron chi connectivity index (χ1n) is 8.04. The Morgan fingerprint density at radius 2 is 1.90 bits per heavy atom. The van der Waals surface area contributed by atoms with Gasteiger partial charge in [0.1, 0.15) is 5.54 Å². The van der Waals surface area contributed by atoms with Crippen LogP contribution in [0.2, 0.25) is 0 Å². The Hall–Kier alpha value is -1.30. The van der Waals surface area contributed by atoms with Gasteiger partial charge in [-0.2, -0.15) is 0 Å². The van der Waals surface area contributed by atoms with Crippen molar-refractivity contribution in [1.29, 1.82) is 0 Å². The predicted octanol–water partition coefficient (Wildman–Crippen LogP) is 1.51. The summed E-state index contributed by atoms with van der Waals surface area (Å²) in [4.78, 5) is 27.9. The number of carboxylic acid groups (broad SMARTS) is 1. The van der Waals surface area contributed by atoms with E-state index < -0.39 is 11.5 Å². The van der Waals surface area contributed by atoms with Gasteiger partial charge < -0.3 is 15.3 Å². The third-order valence-corrected chi connectivity index (χ3v) is 5.03. The van der Waals surface area contributed by atoms with Crippen LogP contribution >= 0.6 is 0 Å². The lowest BCUT2D eigenvalue weighted by molar-refractivity contribution is -0.148. The number of nitrogens with zero attached hydrogens (tertiary/aromatic N) is 2. The van der Waals surface area contributed by atoms with Crippen LogP contribution in [0.25, 0.3) is 0 Å². The molecule has 2 atom stereocenters. The van der Waals surface area contributed by atoms with Gasteiger partial charge in [0.2, 0.25) is 0 Å². The fourth-order valence-electron chi connectivity index (χ4n) is 3.56. The highest BCUT2D eigenvalue weighted by Crippen LogP contribution is 2.32. The van der Waals surface area contributed by atoms with E-state index in [4.69, 9.17) is 0 Å². The Balaban J connectivity index is 1.91. The molecule has 0 aromatic rings. The molecule has 6 heteroatoms. The van der Waals surface area contributed by atoms with E-state index in [1.54, 1.807) is 0 Å². The molecule has 2 saturated heterocycles. The quantitative estimate of drug-likeness (QED) is 0.807. The fraction of sp³-hybridized carbons (Fsp3) is 0.867. The zero-order valence-corrected chi connectivity index (χ0v) is 13.1. The van der Waals surface area contributed by atoms with E-state index in [-0.39, 0.29) is 6.03 Å². The fourth-order valence-corrected chi connectivity index (χ4v) is 3.56. The second-order valence-electron chi connectivity index (χ2n) is 6.22. The summed E-state index contributed by atoms with van der Waals surface area (Å²) in [5.74, 6) is -0.884. The Bertz CT molecular complexity index is 396. The van der Waals surface area contributed by atoms with Crippen molar-refractivity contribution in [3.05, 3.63) is 0 Å². The first kappa shape index (κ1) is 16.1. The van der Waals surface area contributed by atoms with Crippen molar-refractivity contribution in [2.75, 3.05) is 26.2 Å². The Kier molecular flexibility index (Phi) is 5.08. The van der Waals surface area contributed by atoms with E-state index in [0.717, 1.165) is 19.5 Å². The smallest absolute Gasteiger partial charge is 0.329 e. The number of carbonyl (C=O) groups is 2. The van der Waals surface area contributed by atoms with E-state index in [1.807, 2.05) is 6.92 Å². The molecule has 0 bridgehead atoms. The van der Waals surface area contributed by atoms with Gasteiger partial charge in [-0.05, 0) is 52.1 Å². The van der Waals surface area contributed by atoms with Gasteiger partial charge in [-0.1, -0.05) is 6.92 Å². The first-order chi connectivity index (χ1) is 10.0.